The van der Waals surface area contributed by atoms with E-state index in [0.29, 0.717) is 11.4 Å². The van der Waals surface area contributed by atoms with Gasteiger partial charge in [-0.05, 0) is 24.1 Å². The summed E-state index contributed by atoms with van der Waals surface area (Å²) >= 11 is 1.40. The number of hydrogen-bond acceptors (Lipinski definition) is 5. The van der Waals surface area contributed by atoms with Gasteiger partial charge in [0.25, 0.3) is 11.6 Å². The van der Waals surface area contributed by atoms with E-state index in [9.17, 15) is 14.9 Å². The molecule has 0 N–H and O–H groups in total. The number of nitro groups is 1. The quantitative estimate of drug-likeness (QED) is 0.491. The molecule has 1 fully saturated rings. The number of nitrogens with zero attached hydrogens (tertiary/aromatic N) is 3. The first-order chi connectivity index (χ1) is 13.6. The fourth-order valence-corrected chi connectivity index (χ4v) is 4.59. The third kappa shape index (κ3) is 4.05. The fraction of sp³-hybridized carbons (Fsp3) is 0.286. The van der Waals surface area contributed by atoms with Crippen LogP contribution < -0.4 is 0 Å². The molecule has 0 atom stereocenters. The third-order valence-electron chi connectivity index (χ3n) is 5.05. The minimum absolute atomic E-state index is 0.0189. The number of nitro benzene ring substituents is 1. The molecule has 1 aliphatic heterocycles. The number of non-ortho nitro benzene ring substituents is 1. The zero-order valence-electron chi connectivity index (χ0n) is 15.4. The highest BCUT2D eigenvalue weighted by atomic mass is 32.1. The SMILES string of the molecule is O=C(c1cc2cc([N+](=O)[O-])ccc2s1)N1CCCN(Cc2ccccc2)CC1. The zero-order valence-corrected chi connectivity index (χ0v) is 16.2. The second-order valence-electron chi connectivity index (χ2n) is 7.00. The molecule has 2 aromatic carbocycles. The molecule has 2 heterocycles. The monoisotopic (exact) mass is 395 g/mol. The summed E-state index contributed by atoms with van der Waals surface area (Å²) in [5.74, 6) is 0.0189. The molecule has 0 radical (unpaired) electrons. The number of amides is 1. The number of carbonyl (C=O) groups excluding carboxylic acids is 1. The molecule has 7 heteroatoms. The van der Waals surface area contributed by atoms with Crippen molar-refractivity contribution in [2.75, 3.05) is 26.2 Å². The Hall–Kier alpha value is -2.77. The van der Waals surface area contributed by atoms with Crippen LogP contribution in [-0.4, -0.2) is 46.8 Å². The molecule has 0 aliphatic carbocycles. The van der Waals surface area contributed by atoms with Crippen molar-refractivity contribution in [1.29, 1.82) is 0 Å². The van der Waals surface area contributed by atoms with Crippen LogP contribution in [0.15, 0.2) is 54.6 Å². The molecule has 0 bridgehead atoms. The van der Waals surface area contributed by atoms with Crippen molar-refractivity contribution < 1.29 is 9.72 Å². The average Bonchev–Trinajstić information content (AvgIpc) is 3.00. The summed E-state index contributed by atoms with van der Waals surface area (Å²) in [5.41, 5.74) is 1.34. The van der Waals surface area contributed by atoms with E-state index in [4.69, 9.17) is 0 Å². The van der Waals surface area contributed by atoms with Gasteiger partial charge in [-0.2, -0.15) is 0 Å². The number of benzene rings is 2. The molecule has 3 aromatic rings. The highest BCUT2D eigenvalue weighted by Gasteiger charge is 2.22. The smallest absolute Gasteiger partial charge is 0.270 e. The molecule has 0 saturated carbocycles. The van der Waals surface area contributed by atoms with Crippen molar-refractivity contribution in [3.63, 3.8) is 0 Å². The van der Waals surface area contributed by atoms with Crippen LogP contribution in [0.4, 0.5) is 5.69 Å². The second-order valence-corrected chi connectivity index (χ2v) is 8.08. The van der Waals surface area contributed by atoms with Gasteiger partial charge in [0.05, 0.1) is 9.80 Å². The lowest BCUT2D eigenvalue weighted by atomic mass is 10.2. The van der Waals surface area contributed by atoms with E-state index in [1.165, 1.54) is 29.0 Å². The Morgan fingerprint density at radius 3 is 2.64 bits per heavy atom. The van der Waals surface area contributed by atoms with Crippen LogP contribution in [0, 0.1) is 10.1 Å². The second kappa shape index (κ2) is 8.08. The summed E-state index contributed by atoms with van der Waals surface area (Å²) in [6.07, 6.45) is 0.939. The highest BCUT2D eigenvalue weighted by molar-refractivity contribution is 7.20. The molecule has 0 spiro atoms. The zero-order chi connectivity index (χ0) is 19.5. The molecule has 4 rings (SSSR count). The minimum Gasteiger partial charge on any atom is -0.337 e. The lowest BCUT2D eigenvalue weighted by Gasteiger charge is -2.21. The summed E-state index contributed by atoms with van der Waals surface area (Å²) in [5, 5.41) is 11.7. The maximum Gasteiger partial charge on any atom is 0.270 e. The fourth-order valence-electron chi connectivity index (χ4n) is 3.58. The van der Waals surface area contributed by atoms with Gasteiger partial charge in [0.2, 0.25) is 0 Å². The van der Waals surface area contributed by atoms with Crippen molar-refractivity contribution in [3.05, 3.63) is 75.2 Å². The van der Waals surface area contributed by atoms with E-state index in [1.54, 1.807) is 12.1 Å². The standard InChI is InChI=1S/C21H21N3O3S/c25-21(20-14-17-13-18(24(26)27)7-8-19(17)28-20)23-10-4-9-22(11-12-23)15-16-5-2-1-3-6-16/h1-3,5-8,13-14H,4,9-12,15H2. The minimum atomic E-state index is -0.408. The van der Waals surface area contributed by atoms with Crippen molar-refractivity contribution >= 4 is 33.0 Å². The maximum absolute atomic E-state index is 13.0. The normalized spacial score (nSPS) is 15.5. The maximum atomic E-state index is 13.0. The average molecular weight is 395 g/mol. The summed E-state index contributed by atoms with van der Waals surface area (Å²) in [4.78, 5) is 28.5. The Balaban J connectivity index is 1.44. The molecule has 28 heavy (non-hydrogen) atoms. The van der Waals surface area contributed by atoms with Gasteiger partial charge < -0.3 is 4.90 Å². The molecule has 1 aliphatic rings. The molecular formula is C21H21N3O3S. The first-order valence-electron chi connectivity index (χ1n) is 9.34. The topological polar surface area (TPSA) is 66.7 Å². The third-order valence-corrected chi connectivity index (χ3v) is 6.15. The van der Waals surface area contributed by atoms with Gasteiger partial charge >= 0.3 is 0 Å². The Morgan fingerprint density at radius 1 is 1.04 bits per heavy atom. The lowest BCUT2D eigenvalue weighted by Crippen LogP contribution is -2.34. The predicted molar refractivity (Wildman–Crippen MR) is 111 cm³/mol. The van der Waals surface area contributed by atoms with E-state index in [-0.39, 0.29) is 11.6 Å². The molecule has 6 nitrogen and oxygen atoms in total. The summed E-state index contributed by atoms with van der Waals surface area (Å²) in [7, 11) is 0. The summed E-state index contributed by atoms with van der Waals surface area (Å²) < 4.78 is 0.898. The molecule has 1 saturated heterocycles. The number of rotatable bonds is 4. The van der Waals surface area contributed by atoms with Gasteiger partial charge in [0, 0.05) is 54.9 Å². The van der Waals surface area contributed by atoms with Gasteiger partial charge in [0.15, 0.2) is 0 Å². The van der Waals surface area contributed by atoms with Crippen LogP contribution in [0.25, 0.3) is 10.1 Å². The Bertz CT molecular complexity index is 1000. The first kappa shape index (κ1) is 18.6. The van der Waals surface area contributed by atoms with Gasteiger partial charge in [-0.3, -0.25) is 19.8 Å². The molecular weight excluding hydrogens is 374 g/mol. The molecule has 144 valence electrons. The van der Waals surface area contributed by atoms with E-state index in [0.717, 1.165) is 42.7 Å². The Kier molecular flexibility index (Phi) is 5.36. The van der Waals surface area contributed by atoms with Crippen LogP contribution in [0.2, 0.25) is 0 Å². The summed E-state index contributed by atoms with van der Waals surface area (Å²) in [6, 6.07) is 16.9. The van der Waals surface area contributed by atoms with Gasteiger partial charge in [-0.1, -0.05) is 30.3 Å². The Morgan fingerprint density at radius 2 is 1.86 bits per heavy atom. The number of fused-ring (bicyclic) bond motifs is 1. The lowest BCUT2D eigenvalue weighted by molar-refractivity contribution is -0.384. The van der Waals surface area contributed by atoms with E-state index in [2.05, 4.69) is 29.2 Å². The van der Waals surface area contributed by atoms with Crippen LogP contribution in [0.1, 0.15) is 21.7 Å². The number of hydrogen-bond donors (Lipinski definition) is 0. The highest BCUT2D eigenvalue weighted by Crippen LogP contribution is 2.30. The van der Waals surface area contributed by atoms with Crippen molar-refractivity contribution in [2.45, 2.75) is 13.0 Å². The van der Waals surface area contributed by atoms with Gasteiger partial charge in [-0.15, -0.1) is 11.3 Å². The van der Waals surface area contributed by atoms with Gasteiger partial charge in [0.1, 0.15) is 0 Å². The van der Waals surface area contributed by atoms with Crippen molar-refractivity contribution in [3.8, 4) is 0 Å². The first-order valence-corrected chi connectivity index (χ1v) is 10.2. The number of carbonyl (C=O) groups is 1. The van der Waals surface area contributed by atoms with Crippen LogP contribution in [0.5, 0.6) is 0 Å². The Labute approximate surface area is 167 Å². The van der Waals surface area contributed by atoms with E-state index >= 15 is 0 Å². The molecule has 1 amide bonds. The van der Waals surface area contributed by atoms with Crippen LogP contribution in [-0.2, 0) is 6.54 Å². The van der Waals surface area contributed by atoms with E-state index < -0.39 is 4.92 Å². The van der Waals surface area contributed by atoms with Crippen molar-refractivity contribution in [2.24, 2.45) is 0 Å². The van der Waals surface area contributed by atoms with Crippen molar-refractivity contribution in [1.82, 2.24) is 9.80 Å². The van der Waals surface area contributed by atoms with Crippen LogP contribution >= 0.6 is 11.3 Å². The van der Waals surface area contributed by atoms with Gasteiger partial charge in [-0.25, -0.2) is 0 Å². The summed E-state index contributed by atoms with van der Waals surface area (Å²) in [6.45, 7) is 4.14. The largest absolute Gasteiger partial charge is 0.337 e. The predicted octanol–water partition coefficient (Wildman–Crippen LogP) is 4.16. The molecule has 1 aromatic heterocycles. The van der Waals surface area contributed by atoms with E-state index in [1.807, 2.05) is 11.0 Å². The van der Waals surface area contributed by atoms with Crippen LogP contribution in [0.3, 0.4) is 0 Å². The number of thiophene rings is 1. The molecule has 0 unspecified atom stereocenters.